The van der Waals surface area contributed by atoms with Crippen LogP contribution in [0.15, 0.2) is 41.7 Å². The average Bonchev–Trinajstić information content (AvgIpc) is 2.39. The van der Waals surface area contributed by atoms with Crippen LogP contribution < -0.4 is 5.32 Å². The van der Waals surface area contributed by atoms with Crippen LogP contribution in [0.3, 0.4) is 0 Å². The molecular weight excluding hydrogens is 266 g/mol. The van der Waals surface area contributed by atoms with Crippen molar-refractivity contribution in [3.63, 3.8) is 0 Å². The number of hydrogen-bond acceptors (Lipinski definition) is 4. The van der Waals surface area contributed by atoms with Crippen molar-refractivity contribution in [2.24, 2.45) is 0 Å². The molecule has 0 atom stereocenters. The average molecular weight is 280 g/mol. The lowest BCUT2D eigenvalue weighted by molar-refractivity contribution is 1.03. The van der Waals surface area contributed by atoms with E-state index in [4.69, 9.17) is 11.6 Å². The third-order valence-corrected chi connectivity index (χ3v) is 3.62. The van der Waals surface area contributed by atoms with Crippen molar-refractivity contribution in [3.8, 4) is 0 Å². The number of anilines is 1. The predicted octanol–water partition coefficient (Wildman–Crippen LogP) is 3.85. The third kappa shape index (κ3) is 3.62. The second-order valence-electron chi connectivity index (χ2n) is 3.65. The van der Waals surface area contributed by atoms with Gasteiger partial charge >= 0.3 is 0 Å². The van der Waals surface area contributed by atoms with Gasteiger partial charge in [-0.25, -0.2) is 4.98 Å². The SMILES string of the molecule is CCNc1cncc(SCc2ccccc2Cl)n1. The highest BCUT2D eigenvalue weighted by Crippen LogP contribution is 2.25. The fourth-order valence-corrected chi connectivity index (χ4v) is 2.59. The molecule has 1 N–H and O–H groups in total. The van der Waals surface area contributed by atoms with E-state index in [1.54, 1.807) is 24.2 Å². The summed E-state index contributed by atoms with van der Waals surface area (Å²) in [5, 5.41) is 4.83. The van der Waals surface area contributed by atoms with E-state index in [9.17, 15) is 0 Å². The summed E-state index contributed by atoms with van der Waals surface area (Å²) in [5.41, 5.74) is 1.11. The van der Waals surface area contributed by atoms with Gasteiger partial charge in [-0.1, -0.05) is 41.6 Å². The molecule has 94 valence electrons. The van der Waals surface area contributed by atoms with E-state index in [0.29, 0.717) is 0 Å². The van der Waals surface area contributed by atoms with Crippen molar-refractivity contribution in [2.75, 3.05) is 11.9 Å². The van der Waals surface area contributed by atoms with Gasteiger partial charge in [-0.2, -0.15) is 0 Å². The Kier molecular flexibility index (Phi) is 4.84. The summed E-state index contributed by atoms with van der Waals surface area (Å²) in [6.45, 7) is 2.87. The number of hydrogen-bond donors (Lipinski definition) is 1. The van der Waals surface area contributed by atoms with Gasteiger partial charge < -0.3 is 5.32 Å². The third-order valence-electron chi connectivity index (χ3n) is 2.30. The second-order valence-corrected chi connectivity index (χ2v) is 5.06. The summed E-state index contributed by atoms with van der Waals surface area (Å²) in [4.78, 5) is 8.61. The summed E-state index contributed by atoms with van der Waals surface area (Å²) in [5.74, 6) is 1.60. The van der Waals surface area contributed by atoms with Crippen LogP contribution in [0.5, 0.6) is 0 Å². The number of nitrogens with zero attached hydrogens (tertiary/aromatic N) is 2. The molecule has 1 aromatic heterocycles. The number of thioether (sulfide) groups is 1. The van der Waals surface area contributed by atoms with Crippen molar-refractivity contribution in [3.05, 3.63) is 47.2 Å². The van der Waals surface area contributed by atoms with E-state index >= 15 is 0 Å². The topological polar surface area (TPSA) is 37.8 Å². The molecule has 1 aromatic carbocycles. The highest BCUT2D eigenvalue weighted by atomic mass is 35.5. The molecular formula is C13H14ClN3S. The van der Waals surface area contributed by atoms with E-state index in [1.165, 1.54) is 0 Å². The predicted molar refractivity (Wildman–Crippen MR) is 77.2 cm³/mol. The molecule has 1 heterocycles. The van der Waals surface area contributed by atoms with Gasteiger partial charge in [0.2, 0.25) is 0 Å². The fourth-order valence-electron chi connectivity index (χ4n) is 1.45. The Morgan fingerprint density at radius 1 is 1.28 bits per heavy atom. The van der Waals surface area contributed by atoms with Gasteiger partial charge in [0.05, 0.1) is 12.4 Å². The first-order chi connectivity index (χ1) is 8.79. The van der Waals surface area contributed by atoms with Crippen molar-refractivity contribution < 1.29 is 0 Å². The lowest BCUT2D eigenvalue weighted by atomic mass is 10.2. The molecule has 3 nitrogen and oxygen atoms in total. The van der Waals surface area contributed by atoms with Gasteiger partial charge in [-0.15, -0.1) is 0 Å². The first kappa shape index (κ1) is 13.2. The Balaban J connectivity index is 2.02. The molecule has 2 aromatic rings. The second kappa shape index (κ2) is 6.61. The van der Waals surface area contributed by atoms with Gasteiger partial charge in [-0.3, -0.25) is 4.98 Å². The Bertz CT molecular complexity index is 519. The summed E-state index contributed by atoms with van der Waals surface area (Å²) < 4.78 is 0. The normalized spacial score (nSPS) is 10.3. The summed E-state index contributed by atoms with van der Waals surface area (Å²) in [6.07, 6.45) is 3.49. The highest BCUT2D eigenvalue weighted by Gasteiger charge is 2.02. The zero-order chi connectivity index (χ0) is 12.8. The maximum atomic E-state index is 6.11. The van der Waals surface area contributed by atoms with Crippen LogP contribution in [0.2, 0.25) is 5.02 Å². The monoisotopic (exact) mass is 279 g/mol. The van der Waals surface area contributed by atoms with Crippen LogP contribution >= 0.6 is 23.4 Å². The zero-order valence-electron chi connectivity index (χ0n) is 10.1. The van der Waals surface area contributed by atoms with E-state index in [0.717, 1.165) is 33.7 Å². The van der Waals surface area contributed by atoms with Crippen LogP contribution in [-0.4, -0.2) is 16.5 Å². The van der Waals surface area contributed by atoms with Crippen LogP contribution in [-0.2, 0) is 5.75 Å². The number of benzene rings is 1. The first-order valence-electron chi connectivity index (χ1n) is 5.71. The molecule has 0 saturated heterocycles. The number of aromatic nitrogens is 2. The van der Waals surface area contributed by atoms with Crippen LogP contribution in [0.1, 0.15) is 12.5 Å². The van der Waals surface area contributed by atoms with Gasteiger partial charge in [-0.05, 0) is 18.6 Å². The molecule has 0 aliphatic carbocycles. The Hall–Kier alpha value is -1.26. The van der Waals surface area contributed by atoms with Crippen molar-refractivity contribution >= 4 is 29.2 Å². The molecule has 2 rings (SSSR count). The lowest BCUT2D eigenvalue weighted by Crippen LogP contribution is -2.00. The smallest absolute Gasteiger partial charge is 0.145 e. The lowest BCUT2D eigenvalue weighted by Gasteiger charge is -2.05. The van der Waals surface area contributed by atoms with E-state index in [-0.39, 0.29) is 0 Å². The summed E-state index contributed by atoms with van der Waals surface area (Å²) in [7, 11) is 0. The fraction of sp³-hybridized carbons (Fsp3) is 0.231. The number of halogens is 1. The molecule has 0 radical (unpaired) electrons. The molecule has 18 heavy (non-hydrogen) atoms. The van der Waals surface area contributed by atoms with Crippen LogP contribution in [0, 0.1) is 0 Å². The molecule has 0 bridgehead atoms. The van der Waals surface area contributed by atoms with Crippen LogP contribution in [0.25, 0.3) is 0 Å². The van der Waals surface area contributed by atoms with Gasteiger partial charge in [0.1, 0.15) is 10.8 Å². The molecule has 0 fully saturated rings. The first-order valence-corrected chi connectivity index (χ1v) is 7.08. The number of rotatable bonds is 5. The maximum Gasteiger partial charge on any atom is 0.145 e. The molecule has 0 spiro atoms. The summed E-state index contributed by atoms with van der Waals surface area (Å²) in [6, 6.07) is 7.85. The van der Waals surface area contributed by atoms with Crippen molar-refractivity contribution in [1.29, 1.82) is 0 Å². The minimum Gasteiger partial charge on any atom is -0.369 e. The molecule has 0 saturated carbocycles. The quantitative estimate of drug-likeness (QED) is 0.844. The Labute approximate surface area is 116 Å². The van der Waals surface area contributed by atoms with Crippen molar-refractivity contribution in [1.82, 2.24) is 9.97 Å². The molecule has 0 aliphatic rings. The van der Waals surface area contributed by atoms with Gasteiger partial charge in [0, 0.05) is 17.3 Å². The van der Waals surface area contributed by atoms with E-state index in [1.807, 2.05) is 31.2 Å². The largest absolute Gasteiger partial charge is 0.369 e. The Morgan fingerprint density at radius 2 is 2.11 bits per heavy atom. The molecule has 0 unspecified atom stereocenters. The molecule has 0 amide bonds. The van der Waals surface area contributed by atoms with E-state index in [2.05, 4.69) is 15.3 Å². The van der Waals surface area contributed by atoms with Gasteiger partial charge in [0.25, 0.3) is 0 Å². The minimum absolute atomic E-state index is 0.792. The highest BCUT2D eigenvalue weighted by molar-refractivity contribution is 7.98. The Morgan fingerprint density at radius 3 is 2.89 bits per heavy atom. The zero-order valence-corrected chi connectivity index (χ0v) is 11.6. The molecule has 0 aliphatic heterocycles. The van der Waals surface area contributed by atoms with Crippen molar-refractivity contribution in [2.45, 2.75) is 17.7 Å². The van der Waals surface area contributed by atoms with Crippen LogP contribution in [0.4, 0.5) is 5.82 Å². The van der Waals surface area contributed by atoms with Gasteiger partial charge in [0.15, 0.2) is 0 Å². The standard InChI is InChI=1S/C13H14ClN3S/c1-2-16-12-7-15-8-13(17-12)18-9-10-5-3-4-6-11(10)14/h3-8H,2,9H2,1H3,(H,16,17). The number of nitrogens with one attached hydrogen (secondary N) is 1. The van der Waals surface area contributed by atoms with E-state index < -0.39 is 0 Å². The summed E-state index contributed by atoms with van der Waals surface area (Å²) >= 11 is 7.74. The maximum absolute atomic E-state index is 6.11. The molecule has 5 heteroatoms. The minimum atomic E-state index is 0.792.